The lowest BCUT2D eigenvalue weighted by Crippen LogP contribution is -1.87. The van der Waals surface area contributed by atoms with E-state index in [2.05, 4.69) is 18.8 Å². The maximum Gasteiger partial charge on any atom is 0.215 e. The zero-order valence-electron chi connectivity index (χ0n) is 10.2. The van der Waals surface area contributed by atoms with Crippen LogP contribution in [0.2, 0.25) is 0 Å². The van der Waals surface area contributed by atoms with E-state index in [4.69, 9.17) is 0 Å². The molecular formula is C12H22FN. The second-order valence-electron chi connectivity index (χ2n) is 2.83. The number of rotatable bonds is 0. The highest BCUT2D eigenvalue weighted by molar-refractivity contribution is 5.15. The maximum absolute atomic E-state index is 12.4. The topological polar surface area (TPSA) is 12.9 Å². The number of nitrogens with zero attached hydrogens (tertiary/aromatic N) is 1. The Morgan fingerprint density at radius 1 is 1.21 bits per heavy atom. The van der Waals surface area contributed by atoms with E-state index in [9.17, 15) is 4.39 Å². The molecule has 0 aliphatic heterocycles. The van der Waals surface area contributed by atoms with Crippen molar-refractivity contribution in [1.82, 2.24) is 4.98 Å². The van der Waals surface area contributed by atoms with Crippen LogP contribution in [0.1, 0.15) is 45.2 Å². The number of aromatic nitrogens is 1. The van der Waals surface area contributed by atoms with E-state index in [-0.39, 0.29) is 5.95 Å². The lowest BCUT2D eigenvalue weighted by Gasteiger charge is -1.93. The van der Waals surface area contributed by atoms with Crippen molar-refractivity contribution in [2.75, 3.05) is 0 Å². The zero-order valence-corrected chi connectivity index (χ0v) is 10.2. The summed E-state index contributed by atoms with van der Waals surface area (Å²) < 4.78 is 12.4. The Labute approximate surface area is 87.4 Å². The second kappa shape index (κ2) is 10.2. The van der Waals surface area contributed by atoms with Crippen molar-refractivity contribution >= 4 is 0 Å². The molecule has 0 aliphatic carbocycles. The Morgan fingerprint density at radius 3 is 1.93 bits per heavy atom. The highest BCUT2D eigenvalue weighted by Crippen LogP contribution is 2.03. The van der Waals surface area contributed by atoms with Gasteiger partial charge in [-0.3, -0.25) is 0 Å². The molecule has 0 N–H and O–H groups in total. The number of aryl methyl sites for hydroxylation is 2. The quantitative estimate of drug-likeness (QED) is 0.568. The minimum absolute atomic E-state index is 0.374. The summed E-state index contributed by atoms with van der Waals surface area (Å²) in [5, 5.41) is 0. The molecule has 0 aliphatic rings. The fourth-order valence-corrected chi connectivity index (χ4v) is 0.699. The molecule has 0 fully saturated rings. The summed E-state index contributed by atoms with van der Waals surface area (Å²) in [7, 11) is 0. The highest BCUT2D eigenvalue weighted by atomic mass is 19.1. The van der Waals surface area contributed by atoms with Crippen LogP contribution in [-0.2, 0) is 0 Å². The third-order valence-electron chi connectivity index (χ3n) is 1.15. The first-order valence-corrected chi connectivity index (χ1v) is 5.20. The first kappa shape index (κ1) is 15.5. The molecule has 0 bridgehead atoms. The molecule has 1 aromatic rings. The molecule has 14 heavy (non-hydrogen) atoms. The largest absolute Gasteiger partial charge is 0.228 e. The first-order chi connectivity index (χ1) is 6.61. The fraction of sp³-hybridized carbons (Fsp3) is 0.583. The van der Waals surface area contributed by atoms with Crippen LogP contribution < -0.4 is 0 Å². The van der Waals surface area contributed by atoms with Crippen LogP contribution >= 0.6 is 0 Å². The number of hydrogen-bond acceptors (Lipinski definition) is 1. The average molecular weight is 199 g/mol. The standard InChI is InChI=1S/C7H8FN.C3H8.C2H6/c1-5-3-6(2)7(8)9-4-5;1-3-2;1-2/h3-4H,1-2H3;3H2,1-2H3;1-2H3. The van der Waals surface area contributed by atoms with Gasteiger partial charge in [0.2, 0.25) is 5.95 Å². The van der Waals surface area contributed by atoms with Gasteiger partial charge in [-0.2, -0.15) is 4.39 Å². The van der Waals surface area contributed by atoms with Gasteiger partial charge in [-0.25, -0.2) is 4.98 Å². The van der Waals surface area contributed by atoms with E-state index in [0.29, 0.717) is 5.56 Å². The Morgan fingerprint density at radius 2 is 1.64 bits per heavy atom. The van der Waals surface area contributed by atoms with E-state index in [1.54, 1.807) is 13.0 Å². The predicted molar refractivity (Wildman–Crippen MR) is 61.0 cm³/mol. The summed E-state index contributed by atoms with van der Waals surface area (Å²) in [6.45, 7) is 11.8. The van der Waals surface area contributed by atoms with Gasteiger partial charge < -0.3 is 0 Å². The molecule has 0 unspecified atom stereocenters. The van der Waals surface area contributed by atoms with Crippen LogP contribution in [0.25, 0.3) is 0 Å². The van der Waals surface area contributed by atoms with Crippen LogP contribution in [0.3, 0.4) is 0 Å². The van der Waals surface area contributed by atoms with Gasteiger partial charge in [-0.05, 0) is 19.4 Å². The normalized spacial score (nSPS) is 7.93. The zero-order chi connectivity index (χ0) is 11.6. The number of halogens is 1. The Kier molecular flexibility index (Phi) is 11.3. The summed E-state index contributed by atoms with van der Waals surface area (Å²) >= 11 is 0. The molecule has 0 saturated heterocycles. The summed E-state index contributed by atoms with van der Waals surface area (Å²) in [6.07, 6.45) is 2.77. The molecule has 1 rings (SSSR count). The van der Waals surface area contributed by atoms with Crippen molar-refractivity contribution < 1.29 is 4.39 Å². The summed E-state index contributed by atoms with van der Waals surface area (Å²) in [5.74, 6) is -0.374. The van der Waals surface area contributed by atoms with Crippen LogP contribution in [0.4, 0.5) is 4.39 Å². The minimum atomic E-state index is -0.374. The summed E-state index contributed by atoms with van der Waals surface area (Å²) in [6, 6.07) is 1.77. The number of pyridine rings is 1. The third kappa shape index (κ3) is 7.71. The fourth-order valence-electron chi connectivity index (χ4n) is 0.699. The molecule has 0 saturated carbocycles. The van der Waals surface area contributed by atoms with E-state index in [1.807, 2.05) is 20.8 Å². The first-order valence-electron chi connectivity index (χ1n) is 5.20. The van der Waals surface area contributed by atoms with Crippen LogP contribution in [0.15, 0.2) is 12.3 Å². The Bertz CT molecular complexity index is 234. The van der Waals surface area contributed by atoms with Crippen molar-refractivity contribution in [3.05, 3.63) is 29.3 Å². The lowest BCUT2D eigenvalue weighted by molar-refractivity contribution is 0.573. The molecule has 82 valence electrons. The third-order valence-corrected chi connectivity index (χ3v) is 1.15. The van der Waals surface area contributed by atoms with Crippen molar-refractivity contribution in [3.63, 3.8) is 0 Å². The van der Waals surface area contributed by atoms with Crippen molar-refractivity contribution in [1.29, 1.82) is 0 Å². The molecule has 2 heteroatoms. The van der Waals surface area contributed by atoms with E-state index in [0.717, 1.165) is 5.56 Å². The Hall–Kier alpha value is -0.920. The van der Waals surface area contributed by atoms with Gasteiger partial charge in [-0.15, -0.1) is 0 Å². The molecule has 0 amide bonds. The molecular weight excluding hydrogens is 177 g/mol. The van der Waals surface area contributed by atoms with Crippen molar-refractivity contribution in [2.24, 2.45) is 0 Å². The highest BCUT2D eigenvalue weighted by Gasteiger charge is 1.94. The Balaban J connectivity index is 0. The monoisotopic (exact) mass is 199 g/mol. The molecule has 1 aromatic heterocycles. The number of hydrogen-bond donors (Lipinski definition) is 0. The van der Waals surface area contributed by atoms with Crippen molar-refractivity contribution in [3.8, 4) is 0 Å². The van der Waals surface area contributed by atoms with Gasteiger partial charge in [0.05, 0.1) is 0 Å². The van der Waals surface area contributed by atoms with Gasteiger partial charge in [0.25, 0.3) is 0 Å². The SMILES string of the molecule is CC.CCC.Cc1cnc(F)c(C)c1. The van der Waals surface area contributed by atoms with Gasteiger partial charge >= 0.3 is 0 Å². The van der Waals surface area contributed by atoms with Gasteiger partial charge in [0, 0.05) is 11.8 Å². The molecule has 0 atom stereocenters. The summed E-state index contributed by atoms with van der Waals surface area (Å²) in [5.41, 5.74) is 1.60. The van der Waals surface area contributed by atoms with E-state index >= 15 is 0 Å². The maximum atomic E-state index is 12.4. The molecule has 0 aromatic carbocycles. The smallest absolute Gasteiger partial charge is 0.215 e. The van der Waals surface area contributed by atoms with E-state index in [1.165, 1.54) is 12.6 Å². The van der Waals surface area contributed by atoms with Gasteiger partial charge in [-0.1, -0.05) is 40.2 Å². The lowest BCUT2D eigenvalue weighted by atomic mass is 10.2. The molecule has 0 radical (unpaired) electrons. The van der Waals surface area contributed by atoms with Crippen LogP contribution in [0.5, 0.6) is 0 Å². The van der Waals surface area contributed by atoms with Crippen LogP contribution in [-0.4, -0.2) is 4.98 Å². The molecule has 0 spiro atoms. The van der Waals surface area contributed by atoms with Gasteiger partial charge in [0.15, 0.2) is 0 Å². The van der Waals surface area contributed by atoms with Gasteiger partial charge in [0.1, 0.15) is 0 Å². The molecule has 1 heterocycles. The van der Waals surface area contributed by atoms with Crippen LogP contribution in [0, 0.1) is 19.8 Å². The van der Waals surface area contributed by atoms with Crippen molar-refractivity contribution in [2.45, 2.75) is 48.0 Å². The predicted octanol–water partition coefficient (Wildman–Crippen LogP) is 4.28. The second-order valence-corrected chi connectivity index (χ2v) is 2.83. The molecule has 1 nitrogen and oxygen atoms in total. The average Bonchev–Trinajstić information content (AvgIpc) is 2.17. The minimum Gasteiger partial charge on any atom is -0.228 e. The van der Waals surface area contributed by atoms with E-state index < -0.39 is 0 Å². The summed E-state index contributed by atoms with van der Waals surface area (Å²) in [4.78, 5) is 3.51.